The van der Waals surface area contributed by atoms with Gasteiger partial charge in [-0.15, -0.1) is 0 Å². The lowest BCUT2D eigenvalue weighted by Gasteiger charge is -2.13. The van der Waals surface area contributed by atoms with Crippen LogP contribution in [0.5, 0.6) is 0 Å². The van der Waals surface area contributed by atoms with Crippen LogP contribution in [0.2, 0.25) is 0 Å². The summed E-state index contributed by atoms with van der Waals surface area (Å²) < 4.78 is 1.72. The van der Waals surface area contributed by atoms with E-state index in [0.717, 1.165) is 33.5 Å². The Balaban J connectivity index is 1.94. The normalized spacial score (nSPS) is 10.8. The first kappa shape index (κ1) is 20.8. The van der Waals surface area contributed by atoms with Crippen molar-refractivity contribution in [2.75, 3.05) is 0 Å². The van der Waals surface area contributed by atoms with Gasteiger partial charge in [-0.25, -0.2) is 9.89 Å². The lowest BCUT2D eigenvalue weighted by molar-refractivity contribution is 0.194. The molecule has 0 aliphatic heterocycles. The summed E-state index contributed by atoms with van der Waals surface area (Å²) >= 11 is 0. The van der Waals surface area contributed by atoms with Gasteiger partial charge in [-0.3, -0.25) is 9.48 Å². The Morgan fingerprint density at radius 3 is 2.72 bits per heavy atom. The van der Waals surface area contributed by atoms with Crippen molar-refractivity contribution >= 4 is 16.9 Å². The Labute approximate surface area is 182 Å². The smallest absolute Gasteiger partial charge is 0.404 e. The summed E-state index contributed by atoms with van der Waals surface area (Å²) in [6.07, 6.45) is 0.526. The van der Waals surface area contributed by atoms with E-state index in [-0.39, 0.29) is 12.1 Å². The minimum Gasteiger partial charge on any atom is -0.465 e. The first-order valence-electron chi connectivity index (χ1n) is 9.83. The molecule has 0 saturated carbocycles. The molecule has 160 valence electrons. The highest BCUT2D eigenvalue weighted by Crippen LogP contribution is 2.36. The third-order valence-corrected chi connectivity index (χ3v) is 5.63. The Kier molecular flexibility index (Phi) is 5.20. The Morgan fingerprint density at radius 2 is 2.00 bits per heavy atom. The van der Waals surface area contributed by atoms with E-state index in [1.807, 2.05) is 33.0 Å². The van der Waals surface area contributed by atoms with E-state index in [1.165, 1.54) is 0 Å². The number of rotatable bonds is 4. The standard InChI is InChI=1S/C23H20N6O3/c1-12-4-6-15(18(9-24)13(12)2)21-19(10-26-29(21)3)14-5-7-16-17(8-14)20(11-25-23(31)32)27-28-22(16)30/h4-8,10,25H,11H2,1-3H3,(H,28,30)(H,31,32). The second-order valence-corrected chi connectivity index (χ2v) is 7.49. The van der Waals surface area contributed by atoms with Gasteiger partial charge in [0.05, 0.1) is 35.1 Å². The number of nitriles is 1. The Morgan fingerprint density at radius 1 is 1.22 bits per heavy atom. The van der Waals surface area contributed by atoms with Gasteiger partial charge >= 0.3 is 6.09 Å². The number of aryl methyl sites for hydroxylation is 2. The number of hydrogen-bond donors (Lipinski definition) is 3. The fraction of sp³-hybridized carbons (Fsp3) is 0.174. The van der Waals surface area contributed by atoms with E-state index in [9.17, 15) is 14.9 Å². The SMILES string of the molecule is Cc1ccc(-c2c(-c3ccc4c(=O)[nH]nc(CNC(=O)O)c4c3)cnn2C)c(C#N)c1C. The van der Waals surface area contributed by atoms with Crippen molar-refractivity contribution in [2.24, 2.45) is 7.05 Å². The zero-order valence-electron chi connectivity index (χ0n) is 17.7. The molecule has 9 nitrogen and oxygen atoms in total. The molecular weight excluding hydrogens is 408 g/mol. The Hall–Kier alpha value is -4.45. The largest absolute Gasteiger partial charge is 0.465 e. The van der Waals surface area contributed by atoms with E-state index in [2.05, 4.69) is 26.7 Å². The van der Waals surface area contributed by atoms with Gasteiger partial charge in [-0.05, 0) is 42.7 Å². The van der Waals surface area contributed by atoms with Crippen molar-refractivity contribution in [1.29, 1.82) is 5.26 Å². The summed E-state index contributed by atoms with van der Waals surface area (Å²) in [5.74, 6) is 0. The van der Waals surface area contributed by atoms with Crippen LogP contribution in [0.15, 0.2) is 41.3 Å². The topological polar surface area (TPSA) is 137 Å². The molecule has 1 amide bonds. The van der Waals surface area contributed by atoms with Gasteiger partial charge < -0.3 is 10.4 Å². The average molecular weight is 428 g/mol. The number of amides is 1. The van der Waals surface area contributed by atoms with Gasteiger partial charge in [-0.1, -0.05) is 18.2 Å². The fourth-order valence-electron chi connectivity index (χ4n) is 3.81. The van der Waals surface area contributed by atoms with Crippen molar-refractivity contribution in [3.63, 3.8) is 0 Å². The Bertz CT molecular complexity index is 1480. The molecule has 4 rings (SSSR count). The number of aromatic nitrogens is 4. The van der Waals surface area contributed by atoms with Crippen molar-refractivity contribution in [3.05, 3.63) is 69.3 Å². The van der Waals surface area contributed by atoms with Crippen LogP contribution in [-0.4, -0.2) is 31.2 Å². The third-order valence-electron chi connectivity index (χ3n) is 5.63. The van der Waals surface area contributed by atoms with Crippen LogP contribution >= 0.6 is 0 Å². The highest BCUT2D eigenvalue weighted by atomic mass is 16.4. The molecule has 0 unspecified atom stereocenters. The lowest BCUT2D eigenvalue weighted by Crippen LogP contribution is -2.22. The first-order chi connectivity index (χ1) is 15.3. The lowest BCUT2D eigenvalue weighted by atomic mass is 9.92. The summed E-state index contributed by atoms with van der Waals surface area (Å²) in [6, 6.07) is 11.5. The van der Waals surface area contributed by atoms with Crippen LogP contribution in [-0.2, 0) is 13.6 Å². The molecule has 9 heteroatoms. The number of hydrogen-bond acceptors (Lipinski definition) is 5. The highest BCUT2D eigenvalue weighted by Gasteiger charge is 2.19. The molecule has 0 aliphatic rings. The summed E-state index contributed by atoms with van der Waals surface area (Å²) in [7, 11) is 1.81. The third kappa shape index (κ3) is 3.48. The number of nitrogens with one attached hydrogen (secondary N) is 2. The molecule has 0 aliphatic carbocycles. The fourth-order valence-corrected chi connectivity index (χ4v) is 3.81. The van der Waals surface area contributed by atoms with Gasteiger partial charge in [0.1, 0.15) is 6.07 Å². The van der Waals surface area contributed by atoms with Crippen LogP contribution in [0.3, 0.4) is 0 Å². The molecule has 2 aromatic carbocycles. The monoisotopic (exact) mass is 428 g/mol. The van der Waals surface area contributed by atoms with Crippen LogP contribution in [0.1, 0.15) is 22.4 Å². The molecular formula is C23H20N6O3. The molecule has 3 N–H and O–H groups in total. The van der Waals surface area contributed by atoms with Crippen molar-refractivity contribution in [1.82, 2.24) is 25.3 Å². The maximum atomic E-state index is 12.3. The minimum atomic E-state index is -1.18. The van der Waals surface area contributed by atoms with E-state index in [1.54, 1.807) is 29.1 Å². The van der Waals surface area contributed by atoms with Crippen LogP contribution in [0.25, 0.3) is 33.2 Å². The predicted octanol–water partition coefficient (Wildman–Crippen LogP) is 3.25. The number of carboxylic acid groups (broad SMARTS) is 1. The summed E-state index contributed by atoms with van der Waals surface area (Å²) in [5, 5.41) is 32.8. The molecule has 0 radical (unpaired) electrons. The van der Waals surface area contributed by atoms with E-state index in [4.69, 9.17) is 5.11 Å². The second kappa shape index (κ2) is 8.00. The van der Waals surface area contributed by atoms with Crippen molar-refractivity contribution in [3.8, 4) is 28.5 Å². The van der Waals surface area contributed by atoms with Gasteiger partial charge in [0.15, 0.2) is 0 Å². The minimum absolute atomic E-state index is 0.0539. The molecule has 2 heterocycles. The maximum absolute atomic E-state index is 12.3. The van der Waals surface area contributed by atoms with Gasteiger partial charge in [-0.2, -0.15) is 15.5 Å². The zero-order valence-corrected chi connectivity index (χ0v) is 17.7. The van der Waals surface area contributed by atoms with Gasteiger partial charge in [0.2, 0.25) is 0 Å². The quantitative estimate of drug-likeness (QED) is 0.456. The maximum Gasteiger partial charge on any atom is 0.404 e. The van der Waals surface area contributed by atoms with E-state index >= 15 is 0 Å². The number of aromatic amines is 1. The summed E-state index contributed by atoms with van der Waals surface area (Å²) in [5.41, 5.74) is 5.65. The van der Waals surface area contributed by atoms with Crippen molar-refractivity contribution < 1.29 is 9.90 Å². The molecule has 4 aromatic rings. The van der Waals surface area contributed by atoms with E-state index < -0.39 is 6.09 Å². The number of nitrogens with zero attached hydrogens (tertiary/aromatic N) is 4. The number of H-pyrrole nitrogens is 1. The number of benzene rings is 2. The number of carbonyl (C=O) groups is 1. The zero-order chi connectivity index (χ0) is 23.0. The molecule has 0 fully saturated rings. The van der Waals surface area contributed by atoms with Crippen LogP contribution in [0, 0.1) is 25.2 Å². The first-order valence-corrected chi connectivity index (χ1v) is 9.83. The summed E-state index contributed by atoms with van der Waals surface area (Å²) in [6.45, 7) is 3.83. The molecule has 0 saturated heterocycles. The summed E-state index contributed by atoms with van der Waals surface area (Å²) in [4.78, 5) is 23.2. The molecule has 32 heavy (non-hydrogen) atoms. The van der Waals surface area contributed by atoms with Crippen molar-refractivity contribution in [2.45, 2.75) is 20.4 Å². The molecule has 0 bridgehead atoms. The van der Waals surface area contributed by atoms with Gasteiger partial charge in [0, 0.05) is 23.6 Å². The predicted molar refractivity (Wildman–Crippen MR) is 119 cm³/mol. The van der Waals surface area contributed by atoms with E-state index in [0.29, 0.717) is 22.0 Å². The second-order valence-electron chi connectivity index (χ2n) is 7.49. The average Bonchev–Trinajstić information content (AvgIpc) is 3.16. The van der Waals surface area contributed by atoms with Crippen LogP contribution < -0.4 is 10.9 Å². The molecule has 0 atom stereocenters. The van der Waals surface area contributed by atoms with Gasteiger partial charge in [0.25, 0.3) is 5.56 Å². The highest BCUT2D eigenvalue weighted by molar-refractivity contribution is 5.92. The number of fused-ring (bicyclic) bond motifs is 1. The molecule has 2 aromatic heterocycles. The molecule has 0 spiro atoms. The van der Waals surface area contributed by atoms with Crippen LogP contribution in [0.4, 0.5) is 4.79 Å².